The minimum Gasteiger partial charge on any atom is -0.345 e. The van der Waals surface area contributed by atoms with E-state index in [2.05, 4.69) is 0 Å². The number of halogens is 1. The Hall–Kier alpha value is -0.610. The van der Waals surface area contributed by atoms with Crippen molar-refractivity contribution >= 4 is 11.6 Å². The summed E-state index contributed by atoms with van der Waals surface area (Å²) in [5, 5.41) is 0.648. The molecule has 4 heteroatoms. The minimum absolute atomic E-state index is 0.259. The van der Waals surface area contributed by atoms with Crippen molar-refractivity contribution in [1.82, 2.24) is 0 Å². The Morgan fingerprint density at radius 1 is 1.25 bits per heavy atom. The summed E-state index contributed by atoms with van der Waals surface area (Å²) >= 11 is 5.96. The van der Waals surface area contributed by atoms with Crippen molar-refractivity contribution in [3.63, 3.8) is 0 Å². The standard InChI is InChI=1S/C12H18ClNO2/c1-3-15-12(9-14,16-4-2)10-6-5-7-11(13)8-10/h5-8H,3-4,9,14H2,1-2H3. The highest BCUT2D eigenvalue weighted by atomic mass is 35.5. The fourth-order valence-corrected chi connectivity index (χ4v) is 1.83. The molecule has 2 N–H and O–H groups in total. The molecule has 90 valence electrons. The number of rotatable bonds is 6. The predicted octanol–water partition coefficient (Wildman–Crippen LogP) is 2.52. The third-order valence-corrected chi connectivity index (χ3v) is 2.52. The van der Waals surface area contributed by atoms with Gasteiger partial charge in [-0.25, -0.2) is 0 Å². The fraction of sp³-hybridized carbons (Fsp3) is 0.500. The lowest BCUT2D eigenvalue weighted by molar-refractivity contribution is -0.235. The summed E-state index contributed by atoms with van der Waals surface area (Å²) in [4.78, 5) is 0. The van der Waals surface area contributed by atoms with E-state index in [1.54, 1.807) is 0 Å². The van der Waals surface area contributed by atoms with E-state index in [4.69, 9.17) is 26.8 Å². The maximum absolute atomic E-state index is 5.96. The molecule has 0 atom stereocenters. The van der Waals surface area contributed by atoms with E-state index >= 15 is 0 Å². The van der Waals surface area contributed by atoms with Crippen molar-refractivity contribution in [3.8, 4) is 0 Å². The van der Waals surface area contributed by atoms with Crippen LogP contribution in [-0.4, -0.2) is 19.8 Å². The van der Waals surface area contributed by atoms with E-state index in [0.29, 0.717) is 18.2 Å². The van der Waals surface area contributed by atoms with Gasteiger partial charge in [-0.15, -0.1) is 0 Å². The molecule has 0 saturated carbocycles. The first-order valence-corrected chi connectivity index (χ1v) is 5.80. The Bertz CT molecular complexity index is 325. The molecule has 0 unspecified atom stereocenters. The highest BCUT2D eigenvalue weighted by Crippen LogP contribution is 2.28. The molecule has 0 bridgehead atoms. The number of hydrogen-bond acceptors (Lipinski definition) is 3. The molecule has 1 aromatic carbocycles. The van der Waals surface area contributed by atoms with Crippen LogP contribution in [0, 0.1) is 0 Å². The van der Waals surface area contributed by atoms with E-state index in [0.717, 1.165) is 5.56 Å². The Morgan fingerprint density at radius 2 is 1.88 bits per heavy atom. The van der Waals surface area contributed by atoms with Gasteiger partial charge in [0.15, 0.2) is 0 Å². The highest BCUT2D eigenvalue weighted by Gasteiger charge is 2.32. The van der Waals surface area contributed by atoms with Gasteiger partial charge < -0.3 is 15.2 Å². The van der Waals surface area contributed by atoms with Gasteiger partial charge in [0.2, 0.25) is 5.79 Å². The maximum Gasteiger partial charge on any atom is 0.207 e. The van der Waals surface area contributed by atoms with Gasteiger partial charge in [0.25, 0.3) is 0 Å². The van der Waals surface area contributed by atoms with E-state index in [1.807, 2.05) is 38.1 Å². The lowest BCUT2D eigenvalue weighted by atomic mass is 10.1. The average Bonchev–Trinajstić information content (AvgIpc) is 2.28. The van der Waals surface area contributed by atoms with Gasteiger partial charge in [0.1, 0.15) is 0 Å². The van der Waals surface area contributed by atoms with Gasteiger partial charge in [0.05, 0.1) is 6.54 Å². The monoisotopic (exact) mass is 243 g/mol. The summed E-state index contributed by atoms with van der Waals surface area (Å²) in [7, 11) is 0. The molecule has 0 amide bonds. The quantitative estimate of drug-likeness (QED) is 0.781. The predicted molar refractivity (Wildman–Crippen MR) is 65.4 cm³/mol. The van der Waals surface area contributed by atoms with E-state index in [1.165, 1.54) is 0 Å². The molecule has 1 aromatic rings. The van der Waals surface area contributed by atoms with Gasteiger partial charge in [-0.1, -0.05) is 23.7 Å². The van der Waals surface area contributed by atoms with E-state index < -0.39 is 5.79 Å². The summed E-state index contributed by atoms with van der Waals surface area (Å²) in [6.45, 7) is 5.14. The third-order valence-electron chi connectivity index (χ3n) is 2.29. The van der Waals surface area contributed by atoms with Crippen LogP contribution in [0.25, 0.3) is 0 Å². The zero-order valence-electron chi connectivity index (χ0n) is 9.70. The van der Waals surface area contributed by atoms with Crippen molar-refractivity contribution < 1.29 is 9.47 Å². The van der Waals surface area contributed by atoms with Crippen LogP contribution in [0.15, 0.2) is 24.3 Å². The molecule has 3 nitrogen and oxygen atoms in total. The first-order valence-electron chi connectivity index (χ1n) is 5.42. The molecular formula is C12H18ClNO2. The first-order chi connectivity index (χ1) is 7.68. The Labute approximate surface area is 101 Å². The molecule has 0 aromatic heterocycles. The Balaban J connectivity index is 3.07. The largest absolute Gasteiger partial charge is 0.345 e. The molecule has 0 aliphatic carbocycles. The summed E-state index contributed by atoms with van der Waals surface area (Å²) in [5.74, 6) is -0.881. The van der Waals surface area contributed by atoms with Crippen LogP contribution < -0.4 is 5.73 Å². The maximum atomic E-state index is 5.96. The summed E-state index contributed by atoms with van der Waals surface area (Å²) in [6, 6.07) is 7.40. The minimum atomic E-state index is -0.881. The van der Waals surface area contributed by atoms with E-state index in [9.17, 15) is 0 Å². The van der Waals surface area contributed by atoms with Gasteiger partial charge in [0, 0.05) is 23.8 Å². The molecule has 0 radical (unpaired) electrons. The van der Waals surface area contributed by atoms with Crippen molar-refractivity contribution in [3.05, 3.63) is 34.9 Å². The lowest BCUT2D eigenvalue weighted by Crippen LogP contribution is -2.41. The molecule has 0 aliphatic rings. The van der Waals surface area contributed by atoms with Crippen LogP contribution in [0.3, 0.4) is 0 Å². The van der Waals surface area contributed by atoms with Crippen molar-refractivity contribution in [2.45, 2.75) is 19.6 Å². The molecule has 0 heterocycles. The normalized spacial score (nSPS) is 11.8. The van der Waals surface area contributed by atoms with Gasteiger partial charge in [-0.05, 0) is 26.0 Å². The zero-order chi connectivity index (χ0) is 12.0. The smallest absolute Gasteiger partial charge is 0.207 e. The number of hydrogen-bond donors (Lipinski definition) is 1. The second-order valence-electron chi connectivity index (χ2n) is 3.33. The number of ether oxygens (including phenoxy) is 2. The third kappa shape index (κ3) is 2.95. The van der Waals surface area contributed by atoms with Crippen LogP contribution in [0.1, 0.15) is 19.4 Å². The number of benzene rings is 1. The van der Waals surface area contributed by atoms with Gasteiger partial charge >= 0.3 is 0 Å². The number of nitrogens with two attached hydrogens (primary N) is 1. The van der Waals surface area contributed by atoms with Gasteiger partial charge in [-0.2, -0.15) is 0 Å². The molecule has 0 spiro atoms. The molecule has 0 fully saturated rings. The van der Waals surface area contributed by atoms with Crippen LogP contribution in [-0.2, 0) is 15.3 Å². The van der Waals surface area contributed by atoms with Crippen LogP contribution in [0.5, 0.6) is 0 Å². The highest BCUT2D eigenvalue weighted by molar-refractivity contribution is 6.30. The Kier molecular flexibility index (Phi) is 5.22. The van der Waals surface area contributed by atoms with Crippen molar-refractivity contribution in [1.29, 1.82) is 0 Å². The molecule has 16 heavy (non-hydrogen) atoms. The molecule has 0 saturated heterocycles. The van der Waals surface area contributed by atoms with Gasteiger partial charge in [-0.3, -0.25) is 0 Å². The second kappa shape index (κ2) is 6.21. The fourth-order valence-electron chi connectivity index (χ4n) is 1.64. The second-order valence-corrected chi connectivity index (χ2v) is 3.77. The zero-order valence-corrected chi connectivity index (χ0v) is 10.5. The van der Waals surface area contributed by atoms with Crippen LogP contribution in [0.2, 0.25) is 5.02 Å². The SMILES string of the molecule is CCOC(CN)(OCC)c1cccc(Cl)c1. The summed E-state index contributed by atoms with van der Waals surface area (Å²) in [5.41, 5.74) is 6.62. The average molecular weight is 244 g/mol. The lowest BCUT2D eigenvalue weighted by Gasteiger charge is -2.32. The van der Waals surface area contributed by atoms with Crippen molar-refractivity contribution in [2.24, 2.45) is 5.73 Å². The topological polar surface area (TPSA) is 44.5 Å². The van der Waals surface area contributed by atoms with E-state index in [-0.39, 0.29) is 6.54 Å². The summed E-state index contributed by atoms with van der Waals surface area (Å²) < 4.78 is 11.3. The molecule has 1 rings (SSSR count). The molecule has 0 aliphatic heterocycles. The van der Waals surface area contributed by atoms with Crippen LogP contribution in [0.4, 0.5) is 0 Å². The summed E-state index contributed by atoms with van der Waals surface area (Å²) in [6.07, 6.45) is 0. The van der Waals surface area contributed by atoms with Crippen LogP contribution >= 0.6 is 11.6 Å². The Morgan fingerprint density at radius 3 is 2.31 bits per heavy atom. The van der Waals surface area contributed by atoms with Crippen molar-refractivity contribution in [2.75, 3.05) is 19.8 Å². The molecular weight excluding hydrogens is 226 g/mol. The first kappa shape index (κ1) is 13.5.